The Morgan fingerprint density at radius 1 is 1.42 bits per heavy atom. The molecule has 1 aromatic rings. The number of benzene rings is 1. The van der Waals surface area contributed by atoms with E-state index in [9.17, 15) is 10.1 Å². The molecule has 1 N–H and O–H groups in total. The number of methoxy groups -OCH3 is 1. The van der Waals surface area contributed by atoms with Crippen molar-refractivity contribution in [1.82, 2.24) is 5.32 Å². The number of rotatable bonds is 5. The van der Waals surface area contributed by atoms with Crippen molar-refractivity contribution in [1.29, 1.82) is 0 Å². The molecule has 0 saturated carbocycles. The number of hydrogen-bond acceptors (Lipinski definition) is 5. The van der Waals surface area contributed by atoms with E-state index in [0.29, 0.717) is 18.3 Å². The van der Waals surface area contributed by atoms with Crippen LogP contribution in [0.4, 0.5) is 5.69 Å². The molecular formula is C13H18N2O3S. The molecule has 1 saturated heterocycles. The molecule has 104 valence electrons. The van der Waals surface area contributed by atoms with Gasteiger partial charge >= 0.3 is 0 Å². The molecule has 0 radical (unpaired) electrons. The molecule has 5 nitrogen and oxygen atoms in total. The first-order valence-corrected chi connectivity index (χ1v) is 7.48. The SMILES string of the molecule is COc1cc(CNC2CCSCC2)cc([N+](=O)[O-])c1. The molecule has 0 unspecified atom stereocenters. The van der Waals surface area contributed by atoms with Crippen LogP contribution >= 0.6 is 11.8 Å². The van der Waals surface area contributed by atoms with Crippen molar-refractivity contribution in [3.05, 3.63) is 33.9 Å². The summed E-state index contributed by atoms with van der Waals surface area (Å²) >= 11 is 1.98. The van der Waals surface area contributed by atoms with Gasteiger partial charge in [0, 0.05) is 18.7 Å². The van der Waals surface area contributed by atoms with Crippen molar-refractivity contribution in [3.63, 3.8) is 0 Å². The van der Waals surface area contributed by atoms with E-state index in [2.05, 4.69) is 5.32 Å². The van der Waals surface area contributed by atoms with Crippen LogP contribution < -0.4 is 10.1 Å². The number of hydrogen-bond donors (Lipinski definition) is 1. The van der Waals surface area contributed by atoms with Gasteiger partial charge in [0.05, 0.1) is 18.1 Å². The van der Waals surface area contributed by atoms with Gasteiger partial charge in [-0.25, -0.2) is 0 Å². The van der Waals surface area contributed by atoms with Gasteiger partial charge in [0.25, 0.3) is 5.69 Å². The molecule has 2 rings (SSSR count). The quantitative estimate of drug-likeness (QED) is 0.664. The van der Waals surface area contributed by atoms with Crippen molar-refractivity contribution < 1.29 is 9.66 Å². The Morgan fingerprint density at radius 2 is 2.16 bits per heavy atom. The third kappa shape index (κ3) is 4.11. The Labute approximate surface area is 116 Å². The van der Waals surface area contributed by atoms with Gasteiger partial charge in [0.15, 0.2) is 0 Å². The fourth-order valence-corrected chi connectivity index (χ4v) is 3.24. The van der Waals surface area contributed by atoms with E-state index in [1.54, 1.807) is 6.07 Å². The van der Waals surface area contributed by atoms with E-state index < -0.39 is 0 Å². The number of nitrogens with one attached hydrogen (secondary N) is 1. The molecule has 1 fully saturated rings. The third-order valence-corrected chi connectivity index (χ3v) is 4.26. The molecule has 1 aromatic carbocycles. The van der Waals surface area contributed by atoms with E-state index in [1.165, 1.54) is 24.7 Å². The van der Waals surface area contributed by atoms with Crippen LogP contribution in [0.15, 0.2) is 18.2 Å². The maximum Gasteiger partial charge on any atom is 0.273 e. The highest BCUT2D eigenvalue weighted by molar-refractivity contribution is 7.99. The van der Waals surface area contributed by atoms with Gasteiger partial charge in [0.1, 0.15) is 5.75 Å². The van der Waals surface area contributed by atoms with Crippen molar-refractivity contribution in [2.75, 3.05) is 18.6 Å². The summed E-state index contributed by atoms with van der Waals surface area (Å²) in [6.45, 7) is 0.646. The summed E-state index contributed by atoms with van der Waals surface area (Å²) in [7, 11) is 1.52. The topological polar surface area (TPSA) is 64.4 Å². The number of nitro benzene ring substituents is 1. The monoisotopic (exact) mass is 282 g/mol. The number of nitro groups is 1. The molecule has 1 heterocycles. The first kappa shape index (κ1) is 14.1. The van der Waals surface area contributed by atoms with Crippen molar-refractivity contribution in [2.24, 2.45) is 0 Å². The Kier molecular flexibility index (Phi) is 5.04. The predicted octanol–water partition coefficient (Wildman–Crippen LogP) is 2.59. The lowest BCUT2D eigenvalue weighted by Crippen LogP contribution is -2.32. The van der Waals surface area contributed by atoms with Crippen LogP contribution in [0.25, 0.3) is 0 Å². The maximum atomic E-state index is 10.9. The zero-order valence-corrected chi connectivity index (χ0v) is 11.7. The summed E-state index contributed by atoms with van der Waals surface area (Å²) in [5.74, 6) is 2.91. The molecule has 0 atom stereocenters. The van der Waals surface area contributed by atoms with Gasteiger partial charge in [-0.05, 0) is 36.0 Å². The van der Waals surface area contributed by atoms with E-state index in [0.717, 1.165) is 18.4 Å². The second kappa shape index (κ2) is 6.77. The maximum absolute atomic E-state index is 10.9. The highest BCUT2D eigenvalue weighted by atomic mass is 32.2. The lowest BCUT2D eigenvalue weighted by molar-refractivity contribution is -0.385. The zero-order valence-electron chi connectivity index (χ0n) is 10.9. The molecule has 19 heavy (non-hydrogen) atoms. The number of ether oxygens (including phenoxy) is 1. The largest absolute Gasteiger partial charge is 0.496 e. The van der Waals surface area contributed by atoms with E-state index in [1.807, 2.05) is 17.8 Å². The third-order valence-electron chi connectivity index (χ3n) is 3.21. The van der Waals surface area contributed by atoms with Crippen LogP contribution in [0.2, 0.25) is 0 Å². The first-order valence-electron chi connectivity index (χ1n) is 6.32. The minimum atomic E-state index is -0.386. The molecule has 0 bridgehead atoms. The van der Waals surface area contributed by atoms with E-state index in [4.69, 9.17) is 4.74 Å². The smallest absolute Gasteiger partial charge is 0.273 e. The minimum Gasteiger partial charge on any atom is -0.496 e. The zero-order chi connectivity index (χ0) is 13.7. The lowest BCUT2D eigenvalue weighted by Gasteiger charge is -2.22. The Bertz CT molecular complexity index is 448. The predicted molar refractivity (Wildman–Crippen MR) is 76.8 cm³/mol. The Morgan fingerprint density at radius 3 is 2.79 bits per heavy atom. The normalized spacial score (nSPS) is 16.3. The summed E-state index contributed by atoms with van der Waals surface area (Å²) < 4.78 is 5.10. The number of thioether (sulfide) groups is 1. The number of non-ortho nitro benzene ring substituents is 1. The highest BCUT2D eigenvalue weighted by Gasteiger charge is 2.14. The second-order valence-corrected chi connectivity index (χ2v) is 5.79. The van der Waals surface area contributed by atoms with Crippen molar-refractivity contribution in [2.45, 2.75) is 25.4 Å². The molecule has 0 aromatic heterocycles. The first-order chi connectivity index (χ1) is 9.19. The van der Waals surface area contributed by atoms with Crippen LogP contribution in [-0.4, -0.2) is 29.6 Å². The minimum absolute atomic E-state index is 0.0790. The molecular weight excluding hydrogens is 264 g/mol. The standard InChI is InChI=1S/C13H18N2O3S/c1-18-13-7-10(6-12(8-13)15(16)17)9-14-11-2-4-19-5-3-11/h6-8,11,14H,2-5,9H2,1H3. The van der Waals surface area contributed by atoms with Crippen LogP contribution in [0, 0.1) is 10.1 Å². The fourth-order valence-electron chi connectivity index (χ4n) is 2.13. The summed E-state index contributed by atoms with van der Waals surface area (Å²) in [5.41, 5.74) is 0.972. The Balaban J connectivity index is 2.02. The van der Waals surface area contributed by atoms with Gasteiger partial charge in [0.2, 0.25) is 0 Å². The van der Waals surface area contributed by atoms with Gasteiger partial charge < -0.3 is 10.1 Å². The summed E-state index contributed by atoms with van der Waals surface area (Å²) in [6.07, 6.45) is 2.33. The molecule has 1 aliphatic rings. The van der Waals surface area contributed by atoms with Gasteiger partial charge in [-0.3, -0.25) is 10.1 Å². The fraction of sp³-hybridized carbons (Fsp3) is 0.538. The van der Waals surface area contributed by atoms with Gasteiger partial charge in [-0.2, -0.15) is 11.8 Å². The summed E-state index contributed by atoms with van der Waals surface area (Å²) in [5, 5.41) is 14.3. The van der Waals surface area contributed by atoms with Crippen LogP contribution in [0.1, 0.15) is 18.4 Å². The molecule has 6 heteroatoms. The molecule has 1 aliphatic heterocycles. The highest BCUT2D eigenvalue weighted by Crippen LogP contribution is 2.23. The summed E-state index contributed by atoms with van der Waals surface area (Å²) in [4.78, 5) is 10.5. The Hall–Kier alpha value is -1.27. The van der Waals surface area contributed by atoms with Crippen LogP contribution in [-0.2, 0) is 6.54 Å². The average molecular weight is 282 g/mol. The van der Waals surface area contributed by atoms with Crippen LogP contribution in [0.3, 0.4) is 0 Å². The van der Waals surface area contributed by atoms with E-state index >= 15 is 0 Å². The second-order valence-electron chi connectivity index (χ2n) is 4.56. The molecule has 0 aliphatic carbocycles. The lowest BCUT2D eigenvalue weighted by atomic mass is 10.1. The van der Waals surface area contributed by atoms with Gasteiger partial charge in [-0.1, -0.05) is 0 Å². The van der Waals surface area contributed by atoms with Crippen molar-refractivity contribution in [3.8, 4) is 5.75 Å². The van der Waals surface area contributed by atoms with Crippen molar-refractivity contribution >= 4 is 17.4 Å². The molecule has 0 spiro atoms. The summed E-state index contributed by atoms with van der Waals surface area (Å²) in [6, 6.07) is 5.41. The average Bonchev–Trinajstić information content (AvgIpc) is 2.45. The number of nitrogens with zero attached hydrogens (tertiary/aromatic N) is 1. The van der Waals surface area contributed by atoms with Crippen LogP contribution in [0.5, 0.6) is 5.75 Å². The van der Waals surface area contributed by atoms with Gasteiger partial charge in [-0.15, -0.1) is 0 Å². The van der Waals surface area contributed by atoms with E-state index in [-0.39, 0.29) is 10.6 Å². The molecule has 0 amide bonds.